The van der Waals surface area contributed by atoms with Crippen LogP contribution >= 0.6 is 11.8 Å². The maximum atomic E-state index is 13.2. The van der Waals surface area contributed by atoms with E-state index in [2.05, 4.69) is 5.32 Å². The van der Waals surface area contributed by atoms with Crippen LogP contribution in [0.2, 0.25) is 0 Å². The maximum absolute atomic E-state index is 13.2. The van der Waals surface area contributed by atoms with Gasteiger partial charge in [0.1, 0.15) is 5.82 Å². The van der Waals surface area contributed by atoms with Crippen LogP contribution in [0, 0.1) is 5.82 Å². The summed E-state index contributed by atoms with van der Waals surface area (Å²) in [4.78, 5) is 11.7. The summed E-state index contributed by atoms with van der Waals surface area (Å²) < 4.78 is 13.2. The number of hydrogen-bond donors (Lipinski definition) is 2. The first kappa shape index (κ1) is 13.0. The number of thioether (sulfide) groups is 1. The first-order valence-corrected chi connectivity index (χ1v) is 5.97. The van der Waals surface area contributed by atoms with Gasteiger partial charge in [-0.2, -0.15) is 0 Å². The zero-order valence-corrected chi connectivity index (χ0v) is 9.60. The SMILES string of the molecule is O=C(CSc1ccccc1F)NCCCO. The van der Waals surface area contributed by atoms with Crippen molar-refractivity contribution >= 4 is 17.7 Å². The molecule has 1 amide bonds. The standard InChI is InChI=1S/C11H14FNO2S/c12-9-4-1-2-5-10(9)16-8-11(15)13-6-3-7-14/h1-2,4-5,14H,3,6-8H2,(H,13,15). The van der Waals surface area contributed by atoms with Crippen LogP contribution in [0.5, 0.6) is 0 Å². The van der Waals surface area contributed by atoms with Crippen LogP contribution in [-0.2, 0) is 4.79 Å². The summed E-state index contributed by atoms with van der Waals surface area (Å²) in [5.41, 5.74) is 0. The molecular weight excluding hydrogens is 229 g/mol. The number of carbonyl (C=O) groups excluding carboxylic acids is 1. The molecule has 1 rings (SSSR count). The molecule has 0 unspecified atom stereocenters. The molecule has 0 atom stereocenters. The Bertz CT molecular complexity index is 347. The molecule has 0 aliphatic rings. The van der Waals surface area contributed by atoms with Crippen molar-refractivity contribution in [2.75, 3.05) is 18.9 Å². The van der Waals surface area contributed by atoms with Crippen LogP contribution in [0.4, 0.5) is 4.39 Å². The van der Waals surface area contributed by atoms with Gasteiger partial charge in [-0.25, -0.2) is 4.39 Å². The van der Waals surface area contributed by atoms with Crippen molar-refractivity contribution in [2.45, 2.75) is 11.3 Å². The number of aliphatic hydroxyl groups is 1. The minimum Gasteiger partial charge on any atom is -0.396 e. The highest BCUT2D eigenvalue weighted by atomic mass is 32.2. The predicted octanol–water partition coefficient (Wildman–Crippen LogP) is 1.42. The Labute approximate surface area is 98.1 Å². The van der Waals surface area contributed by atoms with Gasteiger partial charge in [0.05, 0.1) is 5.75 Å². The van der Waals surface area contributed by atoms with Gasteiger partial charge in [-0.3, -0.25) is 4.79 Å². The number of halogens is 1. The summed E-state index contributed by atoms with van der Waals surface area (Å²) in [5, 5.41) is 11.1. The van der Waals surface area contributed by atoms with E-state index >= 15 is 0 Å². The van der Waals surface area contributed by atoms with Crippen LogP contribution in [0.15, 0.2) is 29.2 Å². The van der Waals surface area contributed by atoms with Crippen molar-refractivity contribution in [1.29, 1.82) is 0 Å². The lowest BCUT2D eigenvalue weighted by molar-refractivity contribution is -0.118. The van der Waals surface area contributed by atoms with Gasteiger partial charge in [0, 0.05) is 18.0 Å². The highest BCUT2D eigenvalue weighted by Crippen LogP contribution is 2.20. The smallest absolute Gasteiger partial charge is 0.230 e. The molecule has 5 heteroatoms. The molecule has 0 aliphatic heterocycles. The average molecular weight is 243 g/mol. The van der Waals surface area contributed by atoms with Gasteiger partial charge < -0.3 is 10.4 Å². The second-order valence-electron chi connectivity index (χ2n) is 3.15. The fraction of sp³-hybridized carbons (Fsp3) is 0.364. The van der Waals surface area contributed by atoms with Gasteiger partial charge in [-0.05, 0) is 18.6 Å². The molecule has 2 N–H and O–H groups in total. The second kappa shape index (κ2) is 7.24. The number of benzene rings is 1. The van der Waals surface area contributed by atoms with Crippen LogP contribution < -0.4 is 5.32 Å². The molecule has 88 valence electrons. The van der Waals surface area contributed by atoms with Crippen molar-refractivity contribution in [2.24, 2.45) is 0 Å². The minimum absolute atomic E-state index is 0.0563. The topological polar surface area (TPSA) is 49.3 Å². The molecule has 1 aromatic carbocycles. The molecule has 0 bridgehead atoms. The van der Waals surface area contributed by atoms with Crippen molar-refractivity contribution < 1.29 is 14.3 Å². The van der Waals surface area contributed by atoms with E-state index in [1.54, 1.807) is 18.2 Å². The van der Waals surface area contributed by atoms with Crippen LogP contribution in [0.1, 0.15) is 6.42 Å². The Kier molecular flexibility index (Phi) is 5.88. The zero-order valence-electron chi connectivity index (χ0n) is 8.78. The van der Waals surface area contributed by atoms with E-state index in [-0.39, 0.29) is 24.1 Å². The third kappa shape index (κ3) is 4.63. The largest absolute Gasteiger partial charge is 0.396 e. The van der Waals surface area contributed by atoms with E-state index in [4.69, 9.17) is 5.11 Å². The molecule has 0 saturated carbocycles. The summed E-state index contributed by atoms with van der Waals surface area (Å²) >= 11 is 1.16. The Balaban J connectivity index is 2.29. The summed E-state index contributed by atoms with van der Waals surface area (Å²) in [7, 11) is 0. The normalized spacial score (nSPS) is 10.1. The van der Waals surface area contributed by atoms with Crippen molar-refractivity contribution in [3.05, 3.63) is 30.1 Å². The molecule has 16 heavy (non-hydrogen) atoms. The molecule has 0 aliphatic carbocycles. The van der Waals surface area contributed by atoms with E-state index < -0.39 is 0 Å². The molecule has 0 radical (unpaired) electrons. The summed E-state index contributed by atoms with van der Waals surface area (Å²) in [6.07, 6.45) is 0.538. The number of amides is 1. The monoisotopic (exact) mass is 243 g/mol. The number of aliphatic hydroxyl groups excluding tert-OH is 1. The van der Waals surface area contributed by atoms with Crippen molar-refractivity contribution in [3.8, 4) is 0 Å². The van der Waals surface area contributed by atoms with E-state index in [1.165, 1.54) is 6.07 Å². The highest BCUT2D eigenvalue weighted by Gasteiger charge is 2.05. The Morgan fingerprint density at radius 1 is 1.44 bits per heavy atom. The van der Waals surface area contributed by atoms with Gasteiger partial charge >= 0.3 is 0 Å². The van der Waals surface area contributed by atoms with E-state index in [1.807, 2.05) is 0 Å². The lowest BCUT2D eigenvalue weighted by Crippen LogP contribution is -2.26. The molecule has 1 aromatic rings. The fourth-order valence-corrected chi connectivity index (χ4v) is 1.83. The third-order valence-electron chi connectivity index (χ3n) is 1.85. The molecule has 0 heterocycles. The van der Waals surface area contributed by atoms with Crippen molar-refractivity contribution in [3.63, 3.8) is 0 Å². The Morgan fingerprint density at radius 3 is 2.88 bits per heavy atom. The fourth-order valence-electron chi connectivity index (χ4n) is 1.06. The van der Waals surface area contributed by atoms with E-state index in [9.17, 15) is 9.18 Å². The number of hydrogen-bond acceptors (Lipinski definition) is 3. The van der Waals surface area contributed by atoms with Crippen LogP contribution in [0.25, 0.3) is 0 Å². The minimum atomic E-state index is -0.310. The number of carbonyl (C=O) groups is 1. The summed E-state index contributed by atoms with van der Waals surface area (Å²) in [6.45, 7) is 0.508. The lowest BCUT2D eigenvalue weighted by Gasteiger charge is -2.04. The van der Waals surface area contributed by atoms with E-state index in [0.717, 1.165) is 11.8 Å². The van der Waals surface area contributed by atoms with Gasteiger partial charge in [0.15, 0.2) is 0 Å². The Morgan fingerprint density at radius 2 is 2.19 bits per heavy atom. The first-order chi connectivity index (χ1) is 7.74. The summed E-state index contributed by atoms with van der Waals surface area (Å²) in [5.74, 6) is -0.274. The van der Waals surface area contributed by atoms with E-state index in [0.29, 0.717) is 17.9 Å². The Hall–Kier alpha value is -1.07. The molecule has 0 fully saturated rings. The zero-order chi connectivity index (χ0) is 11.8. The van der Waals surface area contributed by atoms with Gasteiger partial charge in [0.25, 0.3) is 0 Å². The van der Waals surface area contributed by atoms with Gasteiger partial charge in [-0.1, -0.05) is 12.1 Å². The third-order valence-corrected chi connectivity index (χ3v) is 2.90. The molecule has 0 aromatic heterocycles. The number of nitrogens with one attached hydrogen (secondary N) is 1. The molecule has 0 spiro atoms. The predicted molar refractivity (Wildman–Crippen MR) is 61.8 cm³/mol. The quantitative estimate of drug-likeness (QED) is 0.587. The molecule has 0 saturated heterocycles. The average Bonchev–Trinajstić information content (AvgIpc) is 2.28. The van der Waals surface area contributed by atoms with Crippen LogP contribution in [0.3, 0.4) is 0 Å². The molecule has 3 nitrogen and oxygen atoms in total. The summed E-state index contributed by atoms with van der Waals surface area (Å²) in [6, 6.07) is 6.35. The van der Waals surface area contributed by atoms with Gasteiger partial charge in [-0.15, -0.1) is 11.8 Å². The van der Waals surface area contributed by atoms with Crippen molar-refractivity contribution in [1.82, 2.24) is 5.32 Å². The lowest BCUT2D eigenvalue weighted by atomic mass is 10.3. The maximum Gasteiger partial charge on any atom is 0.230 e. The molecular formula is C11H14FNO2S. The second-order valence-corrected chi connectivity index (χ2v) is 4.16. The highest BCUT2D eigenvalue weighted by molar-refractivity contribution is 8.00. The first-order valence-electron chi connectivity index (χ1n) is 4.99. The van der Waals surface area contributed by atoms with Crippen LogP contribution in [-0.4, -0.2) is 29.9 Å². The number of rotatable bonds is 6. The van der Waals surface area contributed by atoms with Gasteiger partial charge in [0.2, 0.25) is 5.91 Å².